The predicted octanol–water partition coefficient (Wildman–Crippen LogP) is 4.99. The van der Waals surface area contributed by atoms with Gasteiger partial charge in [0.05, 0.1) is 10.6 Å². The topological polar surface area (TPSA) is 63.1 Å². The Morgan fingerprint density at radius 1 is 1.03 bits per heavy atom. The lowest BCUT2D eigenvalue weighted by atomic mass is 10.0. The van der Waals surface area contributed by atoms with Gasteiger partial charge in [0, 0.05) is 25.0 Å². The first kappa shape index (κ1) is 20.6. The van der Waals surface area contributed by atoms with E-state index >= 15 is 0 Å². The summed E-state index contributed by atoms with van der Waals surface area (Å²) in [6, 6.07) is 19.7. The van der Waals surface area contributed by atoms with Crippen LogP contribution in [0.3, 0.4) is 0 Å². The van der Waals surface area contributed by atoms with Crippen molar-refractivity contribution in [2.24, 2.45) is 7.05 Å². The van der Waals surface area contributed by atoms with E-state index in [0.29, 0.717) is 5.13 Å². The molecule has 2 aromatic carbocycles. The summed E-state index contributed by atoms with van der Waals surface area (Å²) in [5, 5.41) is 3.71. The lowest BCUT2D eigenvalue weighted by Crippen LogP contribution is -2.35. The minimum atomic E-state index is -0.320. The zero-order valence-corrected chi connectivity index (χ0v) is 18.8. The fourth-order valence-electron chi connectivity index (χ4n) is 4.24. The smallest absolute Gasteiger partial charge is 0.248 e. The van der Waals surface area contributed by atoms with Gasteiger partial charge in [-0.3, -0.25) is 9.69 Å². The number of nitrogens with zero attached hydrogens (tertiary/aromatic N) is 4. The first-order valence-corrected chi connectivity index (χ1v) is 11.7. The largest absolute Gasteiger partial charge is 0.333 e. The monoisotopic (exact) mass is 443 g/mol. The van der Waals surface area contributed by atoms with Gasteiger partial charge in [-0.1, -0.05) is 72.0 Å². The first-order chi connectivity index (χ1) is 15.7. The van der Waals surface area contributed by atoms with E-state index in [4.69, 9.17) is 4.98 Å². The molecule has 1 saturated heterocycles. The summed E-state index contributed by atoms with van der Waals surface area (Å²) in [5.41, 5.74) is 2.84. The average molecular weight is 444 g/mol. The van der Waals surface area contributed by atoms with E-state index in [2.05, 4.69) is 15.2 Å². The van der Waals surface area contributed by atoms with Crippen molar-refractivity contribution in [3.05, 3.63) is 78.6 Å². The number of rotatable bonds is 6. The number of aromatic nitrogens is 3. The molecule has 0 bridgehead atoms. The molecule has 7 heteroatoms. The fraction of sp³-hybridized carbons (Fsp3) is 0.240. The molecule has 0 aliphatic carbocycles. The summed E-state index contributed by atoms with van der Waals surface area (Å²) in [4.78, 5) is 26.1. The molecule has 4 aromatic rings. The highest BCUT2D eigenvalue weighted by Gasteiger charge is 2.30. The predicted molar refractivity (Wildman–Crippen MR) is 128 cm³/mol. The molecule has 1 unspecified atom stereocenters. The normalized spacial score (nSPS) is 15.0. The van der Waals surface area contributed by atoms with Gasteiger partial charge in [-0.2, -0.15) is 0 Å². The Bertz CT molecular complexity index is 1200. The van der Waals surface area contributed by atoms with Crippen molar-refractivity contribution in [3.63, 3.8) is 0 Å². The van der Waals surface area contributed by atoms with E-state index in [1.165, 1.54) is 11.3 Å². The Morgan fingerprint density at radius 3 is 2.38 bits per heavy atom. The highest BCUT2D eigenvalue weighted by molar-refractivity contribution is 7.19. The fourth-order valence-corrected chi connectivity index (χ4v) is 5.27. The molecule has 32 heavy (non-hydrogen) atoms. The number of thiazole rings is 1. The van der Waals surface area contributed by atoms with E-state index in [9.17, 15) is 4.79 Å². The summed E-state index contributed by atoms with van der Waals surface area (Å²) < 4.78 is 1.97. The molecule has 0 radical (unpaired) electrons. The van der Waals surface area contributed by atoms with Crippen molar-refractivity contribution in [1.29, 1.82) is 0 Å². The molecular formula is C25H25N5OS. The van der Waals surface area contributed by atoms with Crippen LogP contribution in [0.15, 0.2) is 73.1 Å². The number of amides is 1. The molecule has 1 aliphatic rings. The van der Waals surface area contributed by atoms with E-state index in [1.807, 2.05) is 78.5 Å². The SMILES string of the molecule is Cn1ccnc1-c1sc(NC(=O)C(c2ccccc2)N2CCCC2)nc1-c1ccccc1. The number of nitrogens with one attached hydrogen (secondary N) is 1. The number of hydrogen-bond donors (Lipinski definition) is 1. The third-order valence-electron chi connectivity index (χ3n) is 5.80. The van der Waals surface area contributed by atoms with E-state index in [0.717, 1.165) is 53.5 Å². The van der Waals surface area contributed by atoms with Gasteiger partial charge >= 0.3 is 0 Å². The van der Waals surface area contributed by atoms with E-state index in [1.54, 1.807) is 6.20 Å². The van der Waals surface area contributed by atoms with Crippen molar-refractivity contribution in [3.8, 4) is 22.0 Å². The number of carbonyl (C=O) groups is 1. The van der Waals surface area contributed by atoms with Gasteiger partial charge in [0.1, 0.15) is 6.04 Å². The van der Waals surface area contributed by atoms with Crippen LogP contribution in [-0.2, 0) is 11.8 Å². The summed E-state index contributed by atoms with van der Waals surface area (Å²) in [6.45, 7) is 1.86. The Labute approximate surface area is 191 Å². The van der Waals surface area contributed by atoms with E-state index in [-0.39, 0.29) is 11.9 Å². The van der Waals surface area contributed by atoms with Crippen LogP contribution in [0.2, 0.25) is 0 Å². The number of carbonyl (C=O) groups excluding carboxylic acids is 1. The Kier molecular flexibility index (Phi) is 5.83. The van der Waals surface area contributed by atoms with Crippen molar-refractivity contribution in [2.75, 3.05) is 18.4 Å². The van der Waals surface area contributed by atoms with Crippen LogP contribution < -0.4 is 5.32 Å². The third kappa shape index (κ3) is 4.09. The molecule has 1 atom stereocenters. The molecule has 2 aromatic heterocycles. The minimum Gasteiger partial charge on any atom is -0.333 e. The van der Waals surface area contributed by atoms with Gasteiger partial charge in [-0.25, -0.2) is 9.97 Å². The lowest BCUT2D eigenvalue weighted by Gasteiger charge is -2.26. The molecule has 3 heterocycles. The second-order valence-corrected chi connectivity index (χ2v) is 8.97. The number of benzene rings is 2. The van der Waals surface area contributed by atoms with Gasteiger partial charge < -0.3 is 9.88 Å². The van der Waals surface area contributed by atoms with Crippen molar-refractivity contribution < 1.29 is 4.79 Å². The van der Waals surface area contributed by atoms with E-state index < -0.39 is 0 Å². The molecule has 1 amide bonds. The minimum absolute atomic E-state index is 0.0437. The molecule has 6 nitrogen and oxygen atoms in total. The molecule has 5 rings (SSSR count). The van der Waals surface area contributed by atoms with Crippen LogP contribution in [0.4, 0.5) is 5.13 Å². The Morgan fingerprint density at radius 2 is 1.72 bits per heavy atom. The molecule has 162 valence electrons. The molecule has 1 aliphatic heterocycles. The summed E-state index contributed by atoms with van der Waals surface area (Å²) in [7, 11) is 1.97. The van der Waals surface area contributed by atoms with Gasteiger partial charge in [0.15, 0.2) is 11.0 Å². The summed E-state index contributed by atoms with van der Waals surface area (Å²) >= 11 is 1.46. The quantitative estimate of drug-likeness (QED) is 0.456. The molecule has 0 saturated carbocycles. The third-order valence-corrected chi connectivity index (χ3v) is 6.77. The number of imidazole rings is 1. The highest BCUT2D eigenvalue weighted by Crippen LogP contribution is 2.38. The maximum atomic E-state index is 13.5. The maximum Gasteiger partial charge on any atom is 0.248 e. The second-order valence-electron chi connectivity index (χ2n) is 7.97. The zero-order valence-electron chi connectivity index (χ0n) is 17.9. The Hall–Kier alpha value is -3.29. The number of hydrogen-bond acceptors (Lipinski definition) is 5. The average Bonchev–Trinajstić information content (AvgIpc) is 3.57. The summed E-state index contributed by atoms with van der Waals surface area (Å²) in [5.74, 6) is 0.791. The van der Waals surface area contributed by atoms with Crippen molar-refractivity contribution in [1.82, 2.24) is 19.4 Å². The number of aryl methyl sites for hydroxylation is 1. The van der Waals surface area contributed by atoms with Crippen LogP contribution in [0, 0.1) is 0 Å². The molecular weight excluding hydrogens is 418 g/mol. The number of anilines is 1. The molecule has 1 N–H and O–H groups in total. The van der Waals surface area contributed by atoms with Gasteiger partial charge in [-0.05, 0) is 31.5 Å². The lowest BCUT2D eigenvalue weighted by molar-refractivity contribution is -0.121. The van der Waals surface area contributed by atoms with Crippen LogP contribution >= 0.6 is 11.3 Å². The second kappa shape index (κ2) is 9.06. The van der Waals surface area contributed by atoms with Gasteiger partial charge in [0.25, 0.3) is 0 Å². The van der Waals surface area contributed by atoms with Crippen molar-refractivity contribution in [2.45, 2.75) is 18.9 Å². The molecule has 1 fully saturated rings. The highest BCUT2D eigenvalue weighted by atomic mass is 32.1. The summed E-state index contributed by atoms with van der Waals surface area (Å²) in [6.07, 6.45) is 5.94. The Balaban J connectivity index is 1.50. The first-order valence-electron chi connectivity index (χ1n) is 10.8. The zero-order chi connectivity index (χ0) is 21.9. The van der Waals surface area contributed by atoms with Gasteiger partial charge in [0.2, 0.25) is 5.91 Å². The van der Waals surface area contributed by atoms with Crippen LogP contribution in [-0.4, -0.2) is 38.4 Å². The van der Waals surface area contributed by atoms with Crippen LogP contribution in [0.1, 0.15) is 24.4 Å². The maximum absolute atomic E-state index is 13.5. The van der Waals surface area contributed by atoms with Gasteiger partial charge in [-0.15, -0.1) is 0 Å². The number of likely N-dealkylation sites (tertiary alicyclic amines) is 1. The van der Waals surface area contributed by atoms with Crippen LogP contribution in [0.25, 0.3) is 22.0 Å². The van der Waals surface area contributed by atoms with Crippen molar-refractivity contribution >= 4 is 22.4 Å². The van der Waals surface area contributed by atoms with Crippen LogP contribution in [0.5, 0.6) is 0 Å². The molecule has 0 spiro atoms. The standard InChI is InChI=1S/C25H25N5OS/c1-29-17-14-26-23(29)22-20(18-10-4-2-5-11-18)27-25(32-22)28-24(31)21(30-15-8-9-16-30)19-12-6-3-7-13-19/h2-7,10-14,17,21H,8-9,15-16H2,1H3,(H,27,28,31).